The molecule has 0 spiro atoms. The average molecular weight is 247 g/mol. The van der Waals surface area contributed by atoms with E-state index in [-0.39, 0.29) is 6.04 Å². The maximum atomic E-state index is 5.58. The number of likely N-dealkylation sites (N-methyl/N-ethyl adjacent to an activating group) is 1. The van der Waals surface area contributed by atoms with Crippen molar-refractivity contribution in [2.75, 3.05) is 7.05 Å². The fourth-order valence-corrected chi connectivity index (χ4v) is 2.31. The minimum atomic E-state index is 0.196. The molecule has 2 aromatic heterocycles. The molecule has 2 rings (SSSR count). The summed E-state index contributed by atoms with van der Waals surface area (Å²) in [6.45, 7) is 7.12. The molecular weight excluding hydrogens is 226 g/mol. The fraction of sp³-hybridized carbons (Fsp3) is 0.500. The van der Waals surface area contributed by atoms with Crippen LogP contribution in [0.4, 0.5) is 0 Å². The number of aromatic nitrogens is 2. The van der Waals surface area contributed by atoms with Crippen LogP contribution in [-0.2, 0) is 13.0 Å². The van der Waals surface area contributed by atoms with E-state index in [0.717, 1.165) is 24.4 Å². The molecule has 0 saturated carbocycles. The Labute approximate surface area is 108 Å². The Bertz CT molecular complexity index is 513. The molecule has 0 saturated heterocycles. The third-order valence-electron chi connectivity index (χ3n) is 3.26. The highest BCUT2D eigenvalue weighted by Crippen LogP contribution is 2.22. The van der Waals surface area contributed by atoms with Crippen molar-refractivity contribution in [3.63, 3.8) is 0 Å². The molecular formula is C14H21N3O. The first-order chi connectivity index (χ1) is 8.65. The van der Waals surface area contributed by atoms with Crippen LogP contribution in [0.5, 0.6) is 0 Å². The van der Waals surface area contributed by atoms with E-state index in [4.69, 9.17) is 4.42 Å². The highest BCUT2D eigenvalue weighted by atomic mass is 16.3. The van der Waals surface area contributed by atoms with Crippen LogP contribution in [-0.4, -0.2) is 16.8 Å². The van der Waals surface area contributed by atoms with E-state index in [2.05, 4.69) is 35.0 Å². The zero-order valence-electron chi connectivity index (χ0n) is 11.5. The zero-order chi connectivity index (χ0) is 13.1. The Morgan fingerprint density at radius 1 is 1.44 bits per heavy atom. The van der Waals surface area contributed by atoms with Crippen molar-refractivity contribution >= 4 is 0 Å². The Morgan fingerprint density at radius 2 is 2.22 bits per heavy atom. The number of rotatable bonds is 5. The summed E-state index contributed by atoms with van der Waals surface area (Å²) in [5.41, 5.74) is 3.50. The SMILES string of the molecule is CCn1nc(C)cc1CC(NC)c1occc1C. The van der Waals surface area contributed by atoms with E-state index in [1.165, 1.54) is 11.3 Å². The van der Waals surface area contributed by atoms with Gasteiger partial charge in [0.15, 0.2) is 0 Å². The second-order valence-electron chi connectivity index (χ2n) is 4.61. The third kappa shape index (κ3) is 2.48. The van der Waals surface area contributed by atoms with Gasteiger partial charge in [-0.1, -0.05) is 0 Å². The first-order valence-corrected chi connectivity index (χ1v) is 6.40. The molecule has 4 heteroatoms. The molecule has 98 valence electrons. The topological polar surface area (TPSA) is 43.0 Å². The van der Waals surface area contributed by atoms with Gasteiger partial charge in [-0.2, -0.15) is 5.10 Å². The monoisotopic (exact) mass is 247 g/mol. The van der Waals surface area contributed by atoms with Gasteiger partial charge < -0.3 is 9.73 Å². The molecule has 2 heterocycles. The van der Waals surface area contributed by atoms with Gasteiger partial charge in [-0.15, -0.1) is 0 Å². The normalized spacial score (nSPS) is 12.9. The Hall–Kier alpha value is -1.55. The molecule has 0 bridgehead atoms. The van der Waals surface area contributed by atoms with Gasteiger partial charge in [-0.25, -0.2) is 0 Å². The van der Waals surface area contributed by atoms with Crippen molar-refractivity contribution in [2.45, 2.75) is 39.8 Å². The second kappa shape index (κ2) is 5.40. The Balaban J connectivity index is 2.23. The molecule has 2 aromatic rings. The largest absolute Gasteiger partial charge is 0.467 e. The van der Waals surface area contributed by atoms with E-state index < -0.39 is 0 Å². The standard InChI is InChI=1S/C14H21N3O/c1-5-17-12(8-11(3)16-17)9-13(15-4)14-10(2)6-7-18-14/h6-8,13,15H,5,9H2,1-4H3. The number of hydrogen-bond acceptors (Lipinski definition) is 3. The van der Waals surface area contributed by atoms with Crippen LogP contribution in [0.3, 0.4) is 0 Å². The summed E-state index contributed by atoms with van der Waals surface area (Å²) in [6, 6.07) is 4.34. The van der Waals surface area contributed by atoms with Crippen LogP contribution >= 0.6 is 0 Å². The van der Waals surface area contributed by atoms with E-state index in [1.54, 1.807) is 6.26 Å². The second-order valence-corrected chi connectivity index (χ2v) is 4.61. The van der Waals surface area contributed by atoms with E-state index in [0.29, 0.717) is 0 Å². The Morgan fingerprint density at radius 3 is 2.78 bits per heavy atom. The van der Waals surface area contributed by atoms with Crippen LogP contribution in [0.1, 0.15) is 35.7 Å². The molecule has 1 unspecified atom stereocenters. The first-order valence-electron chi connectivity index (χ1n) is 6.40. The van der Waals surface area contributed by atoms with Gasteiger partial charge >= 0.3 is 0 Å². The summed E-state index contributed by atoms with van der Waals surface area (Å²) in [5, 5.41) is 7.80. The average Bonchev–Trinajstić information content (AvgIpc) is 2.92. The maximum Gasteiger partial charge on any atom is 0.123 e. The molecule has 0 aromatic carbocycles. The molecule has 0 aliphatic carbocycles. The summed E-state index contributed by atoms with van der Waals surface area (Å²) in [4.78, 5) is 0. The fourth-order valence-electron chi connectivity index (χ4n) is 2.31. The lowest BCUT2D eigenvalue weighted by Crippen LogP contribution is -2.20. The van der Waals surface area contributed by atoms with Crippen molar-refractivity contribution in [3.05, 3.63) is 41.1 Å². The van der Waals surface area contributed by atoms with Gasteiger partial charge in [0.1, 0.15) is 5.76 Å². The summed E-state index contributed by atoms with van der Waals surface area (Å²) >= 11 is 0. The van der Waals surface area contributed by atoms with Gasteiger partial charge in [0.05, 0.1) is 18.0 Å². The van der Waals surface area contributed by atoms with Crippen LogP contribution in [0.25, 0.3) is 0 Å². The van der Waals surface area contributed by atoms with Crippen LogP contribution in [0.2, 0.25) is 0 Å². The molecule has 0 amide bonds. The summed E-state index contributed by atoms with van der Waals surface area (Å²) in [6.07, 6.45) is 2.64. The van der Waals surface area contributed by atoms with Gasteiger partial charge in [0, 0.05) is 18.7 Å². The van der Waals surface area contributed by atoms with Crippen molar-refractivity contribution < 1.29 is 4.42 Å². The first kappa shape index (κ1) is 12.9. The van der Waals surface area contributed by atoms with Crippen LogP contribution in [0.15, 0.2) is 22.8 Å². The minimum absolute atomic E-state index is 0.196. The van der Waals surface area contributed by atoms with Gasteiger partial charge in [-0.05, 0) is 45.5 Å². The molecule has 1 atom stereocenters. The van der Waals surface area contributed by atoms with Crippen molar-refractivity contribution in [3.8, 4) is 0 Å². The molecule has 0 aliphatic rings. The third-order valence-corrected chi connectivity index (χ3v) is 3.26. The summed E-state index contributed by atoms with van der Waals surface area (Å²) in [7, 11) is 1.96. The lowest BCUT2D eigenvalue weighted by molar-refractivity contribution is 0.418. The predicted octanol–water partition coefficient (Wildman–Crippen LogP) is 2.62. The molecule has 4 nitrogen and oxygen atoms in total. The highest BCUT2D eigenvalue weighted by molar-refractivity contribution is 5.21. The van der Waals surface area contributed by atoms with Gasteiger partial charge in [0.2, 0.25) is 0 Å². The number of nitrogens with zero attached hydrogens (tertiary/aromatic N) is 2. The minimum Gasteiger partial charge on any atom is -0.467 e. The van der Waals surface area contributed by atoms with E-state index in [9.17, 15) is 0 Å². The number of furan rings is 1. The summed E-state index contributed by atoms with van der Waals surface area (Å²) in [5.74, 6) is 1.01. The zero-order valence-corrected chi connectivity index (χ0v) is 11.5. The van der Waals surface area contributed by atoms with E-state index >= 15 is 0 Å². The number of aryl methyl sites for hydroxylation is 3. The number of hydrogen-bond donors (Lipinski definition) is 1. The Kier molecular flexibility index (Phi) is 3.87. The van der Waals surface area contributed by atoms with Crippen LogP contribution < -0.4 is 5.32 Å². The van der Waals surface area contributed by atoms with Crippen molar-refractivity contribution in [1.29, 1.82) is 0 Å². The van der Waals surface area contributed by atoms with Crippen molar-refractivity contribution in [2.24, 2.45) is 0 Å². The smallest absolute Gasteiger partial charge is 0.123 e. The highest BCUT2D eigenvalue weighted by Gasteiger charge is 2.18. The van der Waals surface area contributed by atoms with Gasteiger partial charge in [0.25, 0.3) is 0 Å². The maximum absolute atomic E-state index is 5.58. The predicted molar refractivity (Wildman–Crippen MR) is 71.6 cm³/mol. The molecule has 1 N–H and O–H groups in total. The molecule has 0 aliphatic heterocycles. The van der Waals surface area contributed by atoms with Crippen molar-refractivity contribution in [1.82, 2.24) is 15.1 Å². The van der Waals surface area contributed by atoms with E-state index in [1.807, 2.05) is 20.0 Å². The molecule has 18 heavy (non-hydrogen) atoms. The van der Waals surface area contributed by atoms with Crippen LogP contribution in [0, 0.1) is 13.8 Å². The van der Waals surface area contributed by atoms with Gasteiger partial charge in [-0.3, -0.25) is 4.68 Å². The number of nitrogens with one attached hydrogen (secondary N) is 1. The molecule has 0 fully saturated rings. The lowest BCUT2D eigenvalue weighted by Gasteiger charge is -2.15. The molecule has 0 radical (unpaired) electrons. The lowest BCUT2D eigenvalue weighted by atomic mass is 10.1. The summed E-state index contributed by atoms with van der Waals surface area (Å²) < 4.78 is 7.63. The quantitative estimate of drug-likeness (QED) is 0.883.